The molecule has 0 fully saturated rings. The zero-order valence-corrected chi connectivity index (χ0v) is 18.8. The van der Waals surface area contributed by atoms with Gasteiger partial charge >= 0.3 is 0 Å². The van der Waals surface area contributed by atoms with Crippen molar-refractivity contribution in [2.45, 2.75) is 18.3 Å². The number of ether oxygens (including phenoxy) is 1. The maximum Gasteiger partial charge on any atom is 0.234 e. The van der Waals surface area contributed by atoms with Gasteiger partial charge < -0.3 is 10.1 Å². The number of carbonyl (C=O) groups excluding carboxylic acids is 1. The van der Waals surface area contributed by atoms with Gasteiger partial charge in [0, 0.05) is 22.6 Å². The van der Waals surface area contributed by atoms with Crippen LogP contribution in [0.5, 0.6) is 5.75 Å². The lowest BCUT2D eigenvalue weighted by atomic mass is 10.1. The number of carbonyl (C=O) groups is 1. The smallest absolute Gasteiger partial charge is 0.234 e. The Hall–Kier alpha value is -3.29. The van der Waals surface area contributed by atoms with E-state index >= 15 is 0 Å². The molecule has 1 amide bonds. The zero-order valence-electron chi connectivity index (χ0n) is 17.2. The molecule has 0 bridgehead atoms. The normalized spacial score (nSPS) is 10.8. The van der Waals surface area contributed by atoms with Gasteiger partial charge in [-0.05, 0) is 35.7 Å². The van der Waals surface area contributed by atoms with Crippen LogP contribution in [0.2, 0.25) is 5.02 Å². The van der Waals surface area contributed by atoms with Gasteiger partial charge in [-0.1, -0.05) is 65.8 Å². The Kier molecular flexibility index (Phi) is 7.09. The Morgan fingerprint density at radius 3 is 2.69 bits per heavy atom. The fourth-order valence-electron chi connectivity index (χ4n) is 3.17. The number of nitrogens with zero attached hydrogens (tertiary/aromatic N) is 3. The van der Waals surface area contributed by atoms with Crippen molar-refractivity contribution in [3.63, 3.8) is 0 Å². The van der Waals surface area contributed by atoms with Crippen molar-refractivity contribution < 1.29 is 9.53 Å². The van der Waals surface area contributed by atoms with Crippen LogP contribution in [0.3, 0.4) is 0 Å². The predicted molar refractivity (Wildman–Crippen MR) is 129 cm³/mol. The lowest BCUT2D eigenvalue weighted by molar-refractivity contribution is -0.113. The van der Waals surface area contributed by atoms with Crippen LogP contribution in [0.1, 0.15) is 5.82 Å². The summed E-state index contributed by atoms with van der Waals surface area (Å²) in [4.78, 5) is 12.6. The first-order chi connectivity index (χ1) is 15.6. The Morgan fingerprint density at radius 1 is 1.09 bits per heavy atom. The molecule has 0 saturated carbocycles. The summed E-state index contributed by atoms with van der Waals surface area (Å²) in [5.41, 5.74) is 0.790. The van der Waals surface area contributed by atoms with Crippen LogP contribution < -0.4 is 10.1 Å². The number of halogens is 1. The minimum absolute atomic E-state index is 0.113. The molecule has 32 heavy (non-hydrogen) atoms. The standard InChI is InChI=1S/C24H21ClN4O2S/c1-2-14-29-22(15-31-19-12-10-18(25)11-13-19)27-28-24(29)32-16-23(30)26-21-9-5-7-17-6-3-4-8-20(17)21/h2-13H,1,14-16H2,(H,26,30). The van der Waals surface area contributed by atoms with E-state index in [0.29, 0.717) is 28.3 Å². The van der Waals surface area contributed by atoms with Gasteiger partial charge in [-0.3, -0.25) is 9.36 Å². The summed E-state index contributed by atoms with van der Waals surface area (Å²) in [6.07, 6.45) is 1.76. The monoisotopic (exact) mass is 464 g/mol. The summed E-state index contributed by atoms with van der Waals surface area (Å²) in [5, 5.41) is 14.8. The van der Waals surface area contributed by atoms with E-state index in [1.807, 2.05) is 47.0 Å². The number of anilines is 1. The number of aromatic nitrogens is 3. The van der Waals surface area contributed by atoms with Gasteiger partial charge in [0.15, 0.2) is 11.0 Å². The summed E-state index contributed by atoms with van der Waals surface area (Å²) in [7, 11) is 0. The van der Waals surface area contributed by atoms with Crippen molar-refractivity contribution >= 4 is 45.7 Å². The number of nitrogens with one attached hydrogen (secondary N) is 1. The van der Waals surface area contributed by atoms with Crippen LogP contribution in [0.4, 0.5) is 5.69 Å². The molecule has 0 radical (unpaired) electrons. The number of hydrogen-bond donors (Lipinski definition) is 1. The molecule has 0 saturated heterocycles. The van der Waals surface area contributed by atoms with Crippen LogP contribution in [-0.4, -0.2) is 26.4 Å². The quantitative estimate of drug-likeness (QED) is 0.258. The topological polar surface area (TPSA) is 69.0 Å². The Labute approximate surface area is 195 Å². The highest BCUT2D eigenvalue weighted by molar-refractivity contribution is 7.99. The molecule has 162 valence electrons. The second-order valence-electron chi connectivity index (χ2n) is 6.90. The van der Waals surface area contributed by atoms with Gasteiger partial charge in [-0.15, -0.1) is 16.8 Å². The Balaban J connectivity index is 1.40. The molecule has 1 heterocycles. The molecule has 0 aliphatic heterocycles. The molecular weight excluding hydrogens is 444 g/mol. The fourth-order valence-corrected chi connectivity index (χ4v) is 4.07. The maximum absolute atomic E-state index is 12.6. The first kappa shape index (κ1) is 21.9. The molecular formula is C24H21ClN4O2S. The van der Waals surface area contributed by atoms with Gasteiger partial charge in [0.25, 0.3) is 0 Å². The minimum atomic E-state index is -0.113. The van der Waals surface area contributed by atoms with E-state index in [2.05, 4.69) is 22.1 Å². The highest BCUT2D eigenvalue weighted by Crippen LogP contribution is 2.24. The average molecular weight is 465 g/mol. The van der Waals surface area contributed by atoms with Crippen LogP contribution in [0.15, 0.2) is 84.5 Å². The van der Waals surface area contributed by atoms with Crippen LogP contribution in [0, 0.1) is 0 Å². The molecule has 1 aromatic heterocycles. The van der Waals surface area contributed by atoms with Gasteiger partial charge in [-0.25, -0.2) is 0 Å². The van der Waals surface area contributed by atoms with Gasteiger partial charge in [0.1, 0.15) is 12.4 Å². The van der Waals surface area contributed by atoms with E-state index in [4.69, 9.17) is 16.3 Å². The third kappa shape index (κ3) is 5.30. The van der Waals surface area contributed by atoms with E-state index < -0.39 is 0 Å². The molecule has 0 spiro atoms. The zero-order chi connectivity index (χ0) is 22.3. The van der Waals surface area contributed by atoms with E-state index in [-0.39, 0.29) is 18.3 Å². The lowest BCUT2D eigenvalue weighted by Gasteiger charge is -2.10. The van der Waals surface area contributed by atoms with E-state index in [1.165, 1.54) is 11.8 Å². The molecule has 4 aromatic rings. The number of thioether (sulfide) groups is 1. The van der Waals surface area contributed by atoms with Crippen LogP contribution in [-0.2, 0) is 17.9 Å². The largest absolute Gasteiger partial charge is 0.486 e. The lowest BCUT2D eigenvalue weighted by Crippen LogP contribution is -2.15. The summed E-state index contributed by atoms with van der Waals surface area (Å²) in [6, 6.07) is 20.9. The molecule has 3 aromatic carbocycles. The molecule has 0 aliphatic carbocycles. The van der Waals surface area contributed by atoms with Crippen molar-refractivity contribution in [2.75, 3.05) is 11.1 Å². The highest BCUT2D eigenvalue weighted by Gasteiger charge is 2.15. The molecule has 6 nitrogen and oxygen atoms in total. The first-order valence-corrected chi connectivity index (χ1v) is 11.3. The number of hydrogen-bond acceptors (Lipinski definition) is 5. The molecule has 8 heteroatoms. The minimum Gasteiger partial charge on any atom is -0.486 e. The third-order valence-electron chi connectivity index (χ3n) is 4.68. The van der Waals surface area contributed by atoms with E-state index in [9.17, 15) is 4.79 Å². The number of rotatable bonds is 9. The molecule has 0 aliphatic rings. The van der Waals surface area contributed by atoms with Gasteiger partial charge in [0.2, 0.25) is 5.91 Å². The van der Waals surface area contributed by atoms with Crippen molar-refractivity contribution in [1.29, 1.82) is 0 Å². The molecule has 0 atom stereocenters. The SMILES string of the molecule is C=CCn1c(COc2ccc(Cl)cc2)nnc1SCC(=O)Nc1cccc2ccccc12. The van der Waals surface area contributed by atoms with Gasteiger partial charge in [-0.2, -0.15) is 0 Å². The highest BCUT2D eigenvalue weighted by atomic mass is 35.5. The second kappa shape index (κ2) is 10.3. The summed E-state index contributed by atoms with van der Waals surface area (Å²) >= 11 is 7.23. The summed E-state index contributed by atoms with van der Waals surface area (Å²) < 4.78 is 7.68. The molecule has 1 N–H and O–H groups in total. The van der Waals surface area contributed by atoms with E-state index in [1.54, 1.807) is 30.3 Å². The van der Waals surface area contributed by atoms with Crippen molar-refractivity contribution in [3.8, 4) is 5.75 Å². The van der Waals surface area contributed by atoms with Crippen LogP contribution in [0.25, 0.3) is 10.8 Å². The third-order valence-corrected chi connectivity index (χ3v) is 5.90. The first-order valence-electron chi connectivity index (χ1n) is 9.96. The van der Waals surface area contributed by atoms with Crippen molar-refractivity contribution in [1.82, 2.24) is 14.8 Å². The molecule has 4 rings (SSSR count). The average Bonchev–Trinajstić information content (AvgIpc) is 3.19. The Bertz CT molecular complexity index is 1240. The fraction of sp³-hybridized carbons (Fsp3) is 0.125. The maximum atomic E-state index is 12.6. The van der Waals surface area contributed by atoms with Crippen molar-refractivity contribution in [3.05, 3.63) is 90.2 Å². The number of allylic oxidation sites excluding steroid dienone is 1. The number of amides is 1. The molecule has 0 unspecified atom stereocenters. The van der Waals surface area contributed by atoms with Gasteiger partial charge in [0.05, 0.1) is 5.75 Å². The summed E-state index contributed by atoms with van der Waals surface area (Å²) in [5.74, 6) is 1.43. The summed E-state index contributed by atoms with van der Waals surface area (Å²) in [6.45, 7) is 4.56. The van der Waals surface area contributed by atoms with Crippen molar-refractivity contribution in [2.24, 2.45) is 0 Å². The second-order valence-corrected chi connectivity index (χ2v) is 8.28. The van der Waals surface area contributed by atoms with E-state index in [0.717, 1.165) is 16.5 Å². The number of benzene rings is 3. The Morgan fingerprint density at radius 2 is 1.88 bits per heavy atom. The predicted octanol–water partition coefficient (Wildman–Crippen LogP) is 5.58. The van der Waals surface area contributed by atoms with Crippen LogP contribution >= 0.6 is 23.4 Å². The number of fused-ring (bicyclic) bond motifs is 1.